The molecule has 3 rings (SSSR count). The predicted molar refractivity (Wildman–Crippen MR) is 110 cm³/mol. The van der Waals surface area contributed by atoms with Gasteiger partial charge in [-0.3, -0.25) is 0 Å². The number of urea groups is 1. The van der Waals surface area contributed by atoms with Gasteiger partial charge in [0.25, 0.3) is 0 Å². The predicted octanol–water partition coefficient (Wildman–Crippen LogP) is 2.75. The zero-order valence-corrected chi connectivity index (χ0v) is 16.5. The highest BCUT2D eigenvalue weighted by molar-refractivity contribution is 7.98. The zero-order valence-electron chi connectivity index (χ0n) is 15.7. The van der Waals surface area contributed by atoms with E-state index in [0.29, 0.717) is 30.7 Å². The van der Waals surface area contributed by atoms with Crippen LogP contribution in [0.15, 0.2) is 35.4 Å². The summed E-state index contributed by atoms with van der Waals surface area (Å²) in [6.45, 7) is 2.84. The molecule has 8 nitrogen and oxygen atoms in total. The van der Waals surface area contributed by atoms with Gasteiger partial charge in [-0.15, -0.1) is 11.8 Å². The molecule has 0 radical (unpaired) electrons. The van der Waals surface area contributed by atoms with Crippen LogP contribution >= 0.6 is 11.8 Å². The Morgan fingerprint density at radius 3 is 2.74 bits per heavy atom. The van der Waals surface area contributed by atoms with E-state index >= 15 is 0 Å². The molecule has 2 N–H and O–H groups in total. The van der Waals surface area contributed by atoms with Crippen molar-refractivity contribution >= 4 is 40.9 Å². The Balaban J connectivity index is 1.73. The Hall–Kier alpha value is -2.52. The number of benzene rings is 1. The molecule has 0 aliphatic carbocycles. The Kier molecular flexibility index (Phi) is 6.36. The van der Waals surface area contributed by atoms with Gasteiger partial charge in [-0.25, -0.2) is 9.78 Å². The van der Waals surface area contributed by atoms with Crippen molar-refractivity contribution in [1.82, 2.24) is 9.97 Å². The maximum Gasteiger partial charge on any atom is 0.323 e. The highest BCUT2D eigenvalue weighted by atomic mass is 32.2. The molecule has 9 heteroatoms. The van der Waals surface area contributed by atoms with E-state index in [9.17, 15) is 4.79 Å². The van der Waals surface area contributed by atoms with Crippen molar-refractivity contribution in [3.8, 4) is 0 Å². The van der Waals surface area contributed by atoms with Gasteiger partial charge < -0.3 is 25.2 Å². The lowest BCUT2D eigenvalue weighted by Gasteiger charge is -2.28. The number of morpholine rings is 1. The van der Waals surface area contributed by atoms with E-state index in [1.54, 1.807) is 18.0 Å². The molecule has 1 aliphatic rings. The molecule has 0 unspecified atom stereocenters. The van der Waals surface area contributed by atoms with E-state index in [0.717, 1.165) is 23.7 Å². The molecule has 2 aromatic rings. The van der Waals surface area contributed by atoms with Crippen molar-refractivity contribution in [3.63, 3.8) is 0 Å². The van der Waals surface area contributed by atoms with Crippen molar-refractivity contribution in [2.24, 2.45) is 0 Å². The summed E-state index contributed by atoms with van der Waals surface area (Å²) in [7, 11) is 3.77. The molecule has 1 fully saturated rings. The summed E-state index contributed by atoms with van der Waals surface area (Å²) >= 11 is 1.62. The first-order chi connectivity index (χ1) is 13.1. The van der Waals surface area contributed by atoms with E-state index in [1.165, 1.54) is 0 Å². The van der Waals surface area contributed by atoms with Gasteiger partial charge in [0.05, 0.1) is 19.4 Å². The Morgan fingerprint density at radius 1 is 1.26 bits per heavy atom. The minimum absolute atomic E-state index is 0.334. The number of hydrogen-bond acceptors (Lipinski definition) is 7. The van der Waals surface area contributed by atoms with Gasteiger partial charge in [0.2, 0.25) is 5.95 Å². The summed E-state index contributed by atoms with van der Waals surface area (Å²) in [6, 6.07) is 7.35. The summed E-state index contributed by atoms with van der Waals surface area (Å²) in [5.74, 6) is 1.29. The van der Waals surface area contributed by atoms with Crippen LogP contribution in [-0.2, 0) is 4.74 Å². The normalized spacial score (nSPS) is 14.0. The lowest BCUT2D eigenvalue weighted by Crippen LogP contribution is -2.37. The first-order valence-electron chi connectivity index (χ1n) is 8.66. The van der Waals surface area contributed by atoms with Crippen LogP contribution < -0.4 is 20.4 Å². The first kappa shape index (κ1) is 19.2. The van der Waals surface area contributed by atoms with Crippen molar-refractivity contribution in [2.45, 2.75) is 4.90 Å². The largest absolute Gasteiger partial charge is 0.378 e. The topological polar surface area (TPSA) is 82.6 Å². The molecule has 0 saturated carbocycles. The van der Waals surface area contributed by atoms with Crippen LogP contribution in [0.4, 0.5) is 27.9 Å². The molecule has 144 valence electrons. The van der Waals surface area contributed by atoms with Gasteiger partial charge in [-0.1, -0.05) is 6.07 Å². The number of rotatable bonds is 5. The highest BCUT2D eigenvalue weighted by Gasteiger charge is 2.18. The molecule has 27 heavy (non-hydrogen) atoms. The molecule has 2 amide bonds. The molecule has 1 saturated heterocycles. The molecular formula is C18H24N6O2S. The van der Waals surface area contributed by atoms with E-state index in [2.05, 4.69) is 25.5 Å². The summed E-state index contributed by atoms with van der Waals surface area (Å²) < 4.78 is 5.37. The van der Waals surface area contributed by atoms with E-state index < -0.39 is 0 Å². The minimum Gasteiger partial charge on any atom is -0.378 e. The fraction of sp³-hybridized carbons (Fsp3) is 0.389. The second-order valence-electron chi connectivity index (χ2n) is 6.21. The van der Waals surface area contributed by atoms with Gasteiger partial charge in [0.15, 0.2) is 5.82 Å². The van der Waals surface area contributed by atoms with Gasteiger partial charge in [-0.05, 0) is 24.5 Å². The van der Waals surface area contributed by atoms with Gasteiger partial charge in [0.1, 0.15) is 5.69 Å². The van der Waals surface area contributed by atoms with Crippen molar-refractivity contribution in [1.29, 1.82) is 0 Å². The number of thioether (sulfide) groups is 1. The SMILES string of the molecule is CSc1cccc(NC(=O)Nc2cnc(N3CCOCC3)nc2N(C)C)c1. The van der Waals surface area contributed by atoms with Crippen molar-refractivity contribution in [2.75, 3.05) is 67.1 Å². The lowest BCUT2D eigenvalue weighted by molar-refractivity contribution is 0.122. The van der Waals surface area contributed by atoms with Crippen LogP contribution in [0.3, 0.4) is 0 Å². The molecule has 1 aliphatic heterocycles. The lowest BCUT2D eigenvalue weighted by atomic mass is 10.3. The number of hydrogen-bond donors (Lipinski definition) is 2. The molecule has 0 bridgehead atoms. The van der Waals surface area contributed by atoms with Gasteiger partial charge >= 0.3 is 6.03 Å². The third kappa shape index (κ3) is 5.01. The Labute approximate surface area is 163 Å². The Morgan fingerprint density at radius 2 is 2.04 bits per heavy atom. The third-order valence-electron chi connectivity index (χ3n) is 4.05. The Bertz CT molecular complexity index is 795. The van der Waals surface area contributed by atoms with Gasteiger partial charge in [0, 0.05) is 37.8 Å². The second-order valence-corrected chi connectivity index (χ2v) is 7.09. The summed E-state index contributed by atoms with van der Waals surface area (Å²) in [5, 5.41) is 5.69. The number of nitrogens with one attached hydrogen (secondary N) is 2. The third-order valence-corrected chi connectivity index (χ3v) is 4.77. The number of nitrogens with zero attached hydrogens (tertiary/aromatic N) is 4. The van der Waals surface area contributed by atoms with Gasteiger partial charge in [-0.2, -0.15) is 4.98 Å². The molecular weight excluding hydrogens is 364 g/mol. The maximum absolute atomic E-state index is 12.4. The monoisotopic (exact) mass is 388 g/mol. The average Bonchev–Trinajstić information content (AvgIpc) is 2.69. The van der Waals surface area contributed by atoms with E-state index in [-0.39, 0.29) is 6.03 Å². The van der Waals surface area contributed by atoms with E-state index in [4.69, 9.17) is 4.74 Å². The fourth-order valence-electron chi connectivity index (χ4n) is 2.69. The molecule has 2 heterocycles. The zero-order chi connectivity index (χ0) is 19.2. The quantitative estimate of drug-likeness (QED) is 0.762. The summed E-state index contributed by atoms with van der Waals surface area (Å²) in [6.07, 6.45) is 3.64. The highest BCUT2D eigenvalue weighted by Crippen LogP contribution is 2.25. The first-order valence-corrected chi connectivity index (χ1v) is 9.88. The standard InChI is InChI=1S/C18H24N6O2S/c1-23(2)16-15(12-19-17(22-16)24-7-9-26-10-8-24)21-18(25)20-13-5-4-6-14(11-13)27-3/h4-6,11-12H,7-10H2,1-3H3,(H2,20,21,25). The molecule has 0 atom stereocenters. The van der Waals surface area contributed by atoms with Crippen LogP contribution in [0.25, 0.3) is 0 Å². The molecule has 1 aromatic carbocycles. The van der Waals surface area contributed by atoms with Crippen LogP contribution in [0.1, 0.15) is 0 Å². The number of anilines is 4. The number of carbonyl (C=O) groups excluding carboxylic acids is 1. The van der Waals surface area contributed by atoms with Crippen molar-refractivity contribution in [3.05, 3.63) is 30.5 Å². The maximum atomic E-state index is 12.4. The average molecular weight is 388 g/mol. The molecule has 1 aromatic heterocycles. The molecule has 0 spiro atoms. The van der Waals surface area contributed by atoms with Crippen LogP contribution in [0, 0.1) is 0 Å². The number of amides is 2. The number of carbonyl (C=O) groups is 1. The number of aromatic nitrogens is 2. The minimum atomic E-state index is -0.334. The van der Waals surface area contributed by atoms with Crippen LogP contribution in [-0.4, -0.2) is 62.7 Å². The fourth-order valence-corrected chi connectivity index (χ4v) is 3.15. The van der Waals surface area contributed by atoms with Crippen molar-refractivity contribution < 1.29 is 9.53 Å². The van der Waals surface area contributed by atoms with Crippen LogP contribution in [0.2, 0.25) is 0 Å². The smallest absolute Gasteiger partial charge is 0.323 e. The number of ether oxygens (including phenoxy) is 1. The van der Waals surface area contributed by atoms with Crippen LogP contribution in [0.5, 0.6) is 0 Å². The second kappa shape index (κ2) is 8.92. The summed E-state index contributed by atoms with van der Waals surface area (Å²) in [5.41, 5.74) is 1.28. The van der Waals surface area contributed by atoms with E-state index in [1.807, 2.05) is 49.5 Å². The summed E-state index contributed by atoms with van der Waals surface area (Å²) in [4.78, 5) is 26.5.